The molecule has 0 amide bonds. The summed E-state index contributed by atoms with van der Waals surface area (Å²) < 4.78 is 0. The minimum atomic E-state index is 0.718. The van der Waals surface area contributed by atoms with Crippen LogP contribution in [0.5, 0.6) is 0 Å². The Hall–Kier alpha value is -0.820. The largest absolute Gasteiger partial charge is 0.330 e. The smallest absolute Gasteiger partial charge is 0.00430 e. The Bertz CT molecular complexity index is 394. The number of benzene rings is 1. The van der Waals surface area contributed by atoms with E-state index in [-0.39, 0.29) is 0 Å². The van der Waals surface area contributed by atoms with Gasteiger partial charge in [-0.15, -0.1) is 0 Å². The van der Waals surface area contributed by atoms with Crippen LogP contribution in [0, 0.1) is 5.92 Å². The van der Waals surface area contributed by atoms with Crippen LogP contribution in [-0.4, -0.2) is 6.54 Å². The van der Waals surface area contributed by atoms with E-state index in [1.165, 1.54) is 44.9 Å². The molecule has 2 aliphatic carbocycles. The monoisotopic (exact) mass is 243 g/mol. The maximum Gasteiger partial charge on any atom is -0.00430 e. The topological polar surface area (TPSA) is 26.0 Å². The Morgan fingerprint density at radius 1 is 0.944 bits per heavy atom. The summed E-state index contributed by atoms with van der Waals surface area (Å²) in [5.74, 6) is 2.30. The number of hydrogen-bond acceptors (Lipinski definition) is 1. The van der Waals surface area contributed by atoms with Crippen LogP contribution in [0.2, 0.25) is 0 Å². The fourth-order valence-corrected chi connectivity index (χ4v) is 3.71. The van der Waals surface area contributed by atoms with Crippen molar-refractivity contribution in [3.8, 4) is 0 Å². The number of rotatable bonds is 3. The van der Waals surface area contributed by atoms with Crippen LogP contribution in [0.1, 0.15) is 67.9 Å². The van der Waals surface area contributed by atoms with Gasteiger partial charge in [0.25, 0.3) is 0 Å². The standard InChI is InChI=1S/C17H25N/c18-12-16-5-1-2-10-17(16)15-9-4-8-14(11-15)13-6-3-7-13/h4,8-9,11,13,16-17H,1-3,5-7,10,12,18H2. The van der Waals surface area contributed by atoms with Crippen molar-refractivity contribution >= 4 is 0 Å². The molecule has 1 nitrogen and oxygen atoms in total. The molecule has 0 aromatic heterocycles. The van der Waals surface area contributed by atoms with Gasteiger partial charge in [0.2, 0.25) is 0 Å². The normalized spacial score (nSPS) is 28.9. The third-order valence-corrected chi connectivity index (χ3v) is 5.13. The van der Waals surface area contributed by atoms with Gasteiger partial charge in [-0.3, -0.25) is 0 Å². The molecule has 2 fully saturated rings. The van der Waals surface area contributed by atoms with Crippen LogP contribution in [0.15, 0.2) is 24.3 Å². The summed E-state index contributed by atoms with van der Waals surface area (Å²) in [7, 11) is 0. The van der Waals surface area contributed by atoms with Gasteiger partial charge < -0.3 is 5.73 Å². The molecule has 1 heteroatoms. The lowest BCUT2D eigenvalue weighted by Gasteiger charge is -2.32. The first kappa shape index (κ1) is 12.2. The lowest BCUT2D eigenvalue weighted by atomic mass is 9.73. The predicted molar refractivity (Wildman–Crippen MR) is 76.8 cm³/mol. The predicted octanol–water partition coefficient (Wildman–Crippen LogP) is 4.19. The molecule has 18 heavy (non-hydrogen) atoms. The minimum absolute atomic E-state index is 0.718. The molecule has 0 radical (unpaired) electrons. The Balaban J connectivity index is 1.81. The molecule has 0 bridgehead atoms. The SMILES string of the molecule is NCC1CCCCC1c1cccc(C2CCC2)c1. The van der Waals surface area contributed by atoms with Gasteiger partial charge in [0.05, 0.1) is 0 Å². The third kappa shape index (κ3) is 2.33. The van der Waals surface area contributed by atoms with Crippen molar-refractivity contribution in [2.24, 2.45) is 11.7 Å². The molecule has 2 unspecified atom stereocenters. The van der Waals surface area contributed by atoms with Crippen LogP contribution in [-0.2, 0) is 0 Å². The molecule has 0 spiro atoms. The molecule has 3 rings (SSSR count). The van der Waals surface area contributed by atoms with Crippen molar-refractivity contribution in [1.82, 2.24) is 0 Å². The molecule has 2 aliphatic rings. The highest BCUT2D eigenvalue weighted by atomic mass is 14.6. The van der Waals surface area contributed by atoms with Gasteiger partial charge in [-0.25, -0.2) is 0 Å². The van der Waals surface area contributed by atoms with Gasteiger partial charge in [0, 0.05) is 0 Å². The fraction of sp³-hybridized carbons (Fsp3) is 0.647. The van der Waals surface area contributed by atoms with Gasteiger partial charge >= 0.3 is 0 Å². The van der Waals surface area contributed by atoms with E-state index in [4.69, 9.17) is 5.73 Å². The van der Waals surface area contributed by atoms with E-state index in [0.29, 0.717) is 0 Å². The summed E-state index contributed by atoms with van der Waals surface area (Å²) in [6, 6.07) is 9.42. The van der Waals surface area contributed by atoms with Crippen LogP contribution in [0.3, 0.4) is 0 Å². The quantitative estimate of drug-likeness (QED) is 0.846. The summed E-state index contributed by atoms with van der Waals surface area (Å²) >= 11 is 0. The zero-order valence-corrected chi connectivity index (χ0v) is 11.3. The zero-order chi connectivity index (χ0) is 12.4. The second kappa shape index (κ2) is 5.44. The van der Waals surface area contributed by atoms with E-state index in [0.717, 1.165) is 24.3 Å². The van der Waals surface area contributed by atoms with E-state index in [1.54, 1.807) is 11.1 Å². The number of nitrogens with two attached hydrogens (primary N) is 1. The highest BCUT2D eigenvalue weighted by Crippen LogP contribution is 2.40. The second-order valence-corrected chi connectivity index (χ2v) is 6.18. The molecular formula is C17H25N. The van der Waals surface area contributed by atoms with Crippen molar-refractivity contribution < 1.29 is 0 Å². The van der Waals surface area contributed by atoms with Crippen LogP contribution >= 0.6 is 0 Å². The Kier molecular flexibility index (Phi) is 3.69. The van der Waals surface area contributed by atoms with Gasteiger partial charge in [-0.2, -0.15) is 0 Å². The lowest BCUT2D eigenvalue weighted by Crippen LogP contribution is -2.25. The van der Waals surface area contributed by atoms with E-state index in [9.17, 15) is 0 Å². The first-order valence-corrected chi connectivity index (χ1v) is 7.68. The van der Waals surface area contributed by atoms with E-state index in [2.05, 4.69) is 24.3 Å². The molecule has 98 valence electrons. The zero-order valence-electron chi connectivity index (χ0n) is 11.3. The van der Waals surface area contributed by atoms with Crippen LogP contribution < -0.4 is 5.73 Å². The third-order valence-electron chi connectivity index (χ3n) is 5.13. The van der Waals surface area contributed by atoms with Crippen molar-refractivity contribution in [1.29, 1.82) is 0 Å². The van der Waals surface area contributed by atoms with Crippen molar-refractivity contribution in [3.63, 3.8) is 0 Å². The molecular weight excluding hydrogens is 218 g/mol. The first-order chi connectivity index (χ1) is 8.88. The molecule has 1 aromatic rings. The highest BCUT2D eigenvalue weighted by molar-refractivity contribution is 5.30. The molecule has 0 heterocycles. The van der Waals surface area contributed by atoms with Crippen LogP contribution in [0.25, 0.3) is 0 Å². The summed E-state index contributed by atoms with van der Waals surface area (Å²) in [5, 5.41) is 0. The van der Waals surface area contributed by atoms with E-state index in [1.807, 2.05) is 0 Å². The fourth-order valence-electron chi connectivity index (χ4n) is 3.71. The Morgan fingerprint density at radius 3 is 2.44 bits per heavy atom. The Labute approximate surface area is 111 Å². The Morgan fingerprint density at radius 2 is 1.72 bits per heavy atom. The summed E-state index contributed by atoms with van der Waals surface area (Å²) in [6.07, 6.45) is 9.65. The molecule has 1 aromatic carbocycles. The maximum absolute atomic E-state index is 5.97. The molecule has 0 saturated heterocycles. The minimum Gasteiger partial charge on any atom is -0.330 e. The van der Waals surface area contributed by atoms with Crippen molar-refractivity contribution in [2.75, 3.05) is 6.54 Å². The van der Waals surface area contributed by atoms with Gasteiger partial charge in [0.15, 0.2) is 0 Å². The summed E-state index contributed by atoms with van der Waals surface area (Å²) in [5.41, 5.74) is 9.11. The molecule has 2 N–H and O–H groups in total. The van der Waals surface area contributed by atoms with E-state index < -0.39 is 0 Å². The van der Waals surface area contributed by atoms with Gasteiger partial charge in [-0.05, 0) is 61.1 Å². The summed E-state index contributed by atoms with van der Waals surface area (Å²) in [6.45, 7) is 0.859. The summed E-state index contributed by atoms with van der Waals surface area (Å²) in [4.78, 5) is 0. The van der Waals surface area contributed by atoms with Crippen molar-refractivity contribution in [2.45, 2.75) is 56.8 Å². The lowest BCUT2D eigenvalue weighted by molar-refractivity contribution is 0.314. The molecule has 0 aliphatic heterocycles. The van der Waals surface area contributed by atoms with Gasteiger partial charge in [-0.1, -0.05) is 43.5 Å². The second-order valence-electron chi connectivity index (χ2n) is 6.18. The van der Waals surface area contributed by atoms with E-state index >= 15 is 0 Å². The number of hydrogen-bond donors (Lipinski definition) is 1. The molecule has 2 atom stereocenters. The van der Waals surface area contributed by atoms with Gasteiger partial charge in [0.1, 0.15) is 0 Å². The first-order valence-electron chi connectivity index (χ1n) is 7.68. The van der Waals surface area contributed by atoms with Crippen LogP contribution in [0.4, 0.5) is 0 Å². The highest BCUT2D eigenvalue weighted by Gasteiger charge is 2.26. The average molecular weight is 243 g/mol. The molecule has 2 saturated carbocycles. The average Bonchev–Trinajstić information content (AvgIpc) is 2.37. The van der Waals surface area contributed by atoms with Crippen molar-refractivity contribution in [3.05, 3.63) is 35.4 Å². The maximum atomic E-state index is 5.97.